The average Bonchev–Trinajstić information content (AvgIpc) is 2.37. The molecule has 1 heterocycles. The van der Waals surface area contributed by atoms with E-state index in [0.29, 0.717) is 17.3 Å². The SMILES string of the molecule is CCCC(C)(NS(=O)(=O)c1cncc(Br)c1)C(=O)OC. The summed E-state index contributed by atoms with van der Waals surface area (Å²) in [6.45, 7) is 3.36. The molecule has 0 spiro atoms. The van der Waals surface area contributed by atoms with E-state index in [1.807, 2.05) is 6.92 Å². The lowest BCUT2D eigenvalue weighted by Gasteiger charge is -2.27. The molecule has 0 fully saturated rings. The third-order valence-electron chi connectivity index (χ3n) is 2.74. The highest BCUT2D eigenvalue weighted by atomic mass is 79.9. The van der Waals surface area contributed by atoms with E-state index in [9.17, 15) is 13.2 Å². The van der Waals surface area contributed by atoms with E-state index in [1.54, 1.807) is 0 Å². The summed E-state index contributed by atoms with van der Waals surface area (Å²) in [7, 11) is -2.63. The molecule has 0 aliphatic rings. The van der Waals surface area contributed by atoms with Crippen LogP contribution in [0.15, 0.2) is 27.8 Å². The molecule has 0 amide bonds. The van der Waals surface area contributed by atoms with E-state index in [4.69, 9.17) is 0 Å². The summed E-state index contributed by atoms with van der Waals surface area (Å²) in [5, 5.41) is 0. The summed E-state index contributed by atoms with van der Waals surface area (Å²) in [5.41, 5.74) is -1.30. The predicted octanol–water partition coefficient (Wildman–Crippen LogP) is 1.85. The fourth-order valence-corrected chi connectivity index (χ4v) is 3.71. The van der Waals surface area contributed by atoms with Crippen molar-refractivity contribution in [3.05, 3.63) is 22.9 Å². The minimum absolute atomic E-state index is 0.0156. The number of halogens is 1. The maximum absolute atomic E-state index is 12.3. The van der Waals surface area contributed by atoms with Crippen LogP contribution in [-0.4, -0.2) is 32.0 Å². The Kier molecular flexibility index (Phi) is 5.67. The summed E-state index contributed by atoms with van der Waals surface area (Å²) in [6.07, 6.45) is 3.66. The van der Waals surface area contributed by atoms with Gasteiger partial charge in [-0.3, -0.25) is 9.78 Å². The lowest BCUT2D eigenvalue weighted by molar-refractivity contribution is -0.147. The van der Waals surface area contributed by atoms with Gasteiger partial charge in [-0.2, -0.15) is 4.72 Å². The fourth-order valence-electron chi connectivity index (χ4n) is 1.81. The van der Waals surface area contributed by atoms with Crippen molar-refractivity contribution in [1.29, 1.82) is 0 Å². The van der Waals surface area contributed by atoms with E-state index >= 15 is 0 Å². The summed E-state index contributed by atoms with van der Waals surface area (Å²) < 4.78 is 32.3. The summed E-state index contributed by atoms with van der Waals surface area (Å²) in [5.74, 6) is -0.620. The second-order valence-corrected chi connectivity index (χ2v) is 7.12. The molecule has 0 saturated heterocycles. The second-order valence-electron chi connectivity index (χ2n) is 4.52. The number of esters is 1. The van der Waals surface area contributed by atoms with E-state index < -0.39 is 21.5 Å². The fraction of sp³-hybridized carbons (Fsp3) is 0.500. The molecule has 6 nitrogen and oxygen atoms in total. The molecule has 0 aromatic carbocycles. The molecule has 8 heteroatoms. The van der Waals surface area contributed by atoms with E-state index in [1.165, 1.54) is 32.5 Å². The van der Waals surface area contributed by atoms with Crippen LogP contribution in [0.4, 0.5) is 0 Å². The number of nitrogens with one attached hydrogen (secondary N) is 1. The van der Waals surface area contributed by atoms with Gasteiger partial charge in [-0.15, -0.1) is 0 Å². The molecule has 20 heavy (non-hydrogen) atoms. The largest absolute Gasteiger partial charge is 0.468 e. The maximum atomic E-state index is 12.3. The zero-order valence-electron chi connectivity index (χ0n) is 11.5. The number of sulfonamides is 1. The topological polar surface area (TPSA) is 85.4 Å². The van der Waals surface area contributed by atoms with Crippen molar-refractivity contribution in [3.63, 3.8) is 0 Å². The molecule has 1 unspecified atom stereocenters. The molecule has 0 bridgehead atoms. The Labute approximate surface area is 127 Å². The Balaban J connectivity index is 3.13. The number of carbonyl (C=O) groups is 1. The van der Waals surface area contributed by atoms with Gasteiger partial charge < -0.3 is 4.74 Å². The lowest BCUT2D eigenvalue weighted by Crippen LogP contribution is -2.52. The first kappa shape index (κ1) is 17.1. The Morgan fingerprint density at radius 2 is 2.15 bits per heavy atom. The number of rotatable bonds is 6. The zero-order valence-corrected chi connectivity index (χ0v) is 13.9. The normalized spacial score (nSPS) is 14.6. The van der Waals surface area contributed by atoms with Crippen LogP contribution in [-0.2, 0) is 19.6 Å². The quantitative estimate of drug-likeness (QED) is 0.778. The van der Waals surface area contributed by atoms with Gasteiger partial charge in [0.1, 0.15) is 10.4 Å². The lowest BCUT2D eigenvalue weighted by atomic mass is 9.98. The number of pyridine rings is 1. The first-order valence-electron chi connectivity index (χ1n) is 5.98. The van der Waals surface area contributed by atoms with E-state index in [-0.39, 0.29) is 4.90 Å². The van der Waals surface area contributed by atoms with Crippen molar-refractivity contribution in [3.8, 4) is 0 Å². The van der Waals surface area contributed by atoms with Gasteiger partial charge in [-0.05, 0) is 35.3 Å². The van der Waals surface area contributed by atoms with Gasteiger partial charge in [0, 0.05) is 16.9 Å². The maximum Gasteiger partial charge on any atom is 0.326 e. The van der Waals surface area contributed by atoms with Crippen LogP contribution in [0.3, 0.4) is 0 Å². The average molecular weight is 365 g/mol. The van der Waals surface area contributed by atoms with Gasteiger partial charge in [-0.1, -0.05) is 13.3 Å². The van der Waals surface area contributed by atoms with Gasteiger partial charge >= 0.3 is 5.97 Å². The number of hydrogen-bond acceptors (Lipinski definition) is 5. The standard InChI is InChI=1S/C12H17BrN2O4S/c1-4-5-12(2,11(16)19-3)15-20(17,18)10-6-9(13)7-14-8-10/h6-8,15H,4-5H2,1-3H3. The minimum Gasteiger partial charge on any atom is -0.468 e. The molecule has 0 saturated carbocycles. The smallest absolute Gasteiger partial charge is 0.326 e. The van der Waals surface area contributed by atoms with Crippen molar-refractivity contribution < 1.29 is 17.9 Å². The number of aromatic nitrogens is 1. The van der Waals surface area contributed by atoms with Crippen molar-refractivity contribution in [1.82, 2.24) is 9.71 Å². The molecule has 0 aliphatic carbocycles. The number of carbonyl (C=O) groups excluding carboxylic acids is 1. The first-order valence-corrected chi connectivity index (χ1v) is 8.25. The summed E-state index contributed by atoms with van der Waals surface area (Å²) in [6, 6.07) is 1.42. The van der Waals surface area contributed by atoms with Crippen LogP contribution in [0, 0.1) is 0 Å². The zero-order chi connectivity index (χ0) is 15.4. The van der Waals surface area contributed by atoms with Crippen LogP contribution >= 0.6 is 15.9 Å². The monoisotopic (exact) mass is 364 g/mol. The molecule has 112 valence electrons. The summed E-state index contributed by atoms with van der Waals surface area (Å²) in [4.78, 5) is 15.6. The van der Waals surface area contributed by atoms with Crippen molar-refractivity contribution in [2.24, 2.45) is 0 Å². The van der Waals surface area contributed by atoms with Gasteiger partial charge in [0.05, 0.1) is 7.11 Å². The van der Waals surface area contributed by atoms with Crippen LogP contribution in [0.5, 0.6) is 0 Å². The molecule has 1 rings (SSSR count). The molecule has 1 aromatic heterocycles. The predicted molar refractivity (Wildman–Crippen MR) is 77.6 cm³/mol. The van der Waals surface area contributed by atoms with Crippen molar-refractivity contribution >= 4 is 31.9 Å². The highest BCUT2D eigenvalue weighted by molar-refractivity contribution is 9.10. The number of ether oxygens (including phenoxy) is 1. The van der Waals surface area contributed by atoms with E-state index in [2.05, 4.69) is 30.4 Å². The Morgan fingerprint density at radius 1 is 1.50 bits per heavy atom. The molecular weight excluding hydrogens is 348 g/mol. The van der Waals surface area contributed by atoms with Gasteiger partial charge in [-0.25, -0.2) is 8.42 Å². The number of hydrogen-bond donors (Lipinski definition) is 1. The van der Waals surface area contributed by atoms with Crippen LogP contribution < -0.4 is 4.72 Å². The van der Waals surface area contributed by atoms with Crippen molar-refractivity contribution in [2.75, 3.05) is 7.11 Å². The number of methoxy groups -OCH3 is 1. The molecule has 0 radical (unpaired) electrons. The van der Waals surface area contributed by atoms with E-state index in [0.717, 1.165) is 0 Å². The molecular formula is C12H17BrN2O4S. The highest BCUT2D eigenvalue weighted by Crippen LogP contribution is 2.20. The number of nitrogens with zero attached hydrogens (tertiary/aromatic N) is 1. The van der Waals surface area contributed by atoms with Crippen molar-refractivity contribution in [2.45, 2.75) is 37.1 Å². The molecule has 0 aliphatic heterocycles. The van der Waals surface area contributed by atoms with Crippen LogP contribution in [0.2, 0.25) is 0 Å². The first-order chi connectivity index (χ1) is 9.25. The van der Waals surface area contributed by atoms with Gasteiger partial charge in [0.25, 0.3) is 0 Å². The minimum atomic E-state index is -3.86. The molecule has 1 atom stereocenters. The van der Waals surface area contributed by atoms with Crippen LogP contribution in [0.25, 0.3) is 0 Å². The Hall–Kier alpha value is -0.990. The van der Waals surface area contributed by atoms with Crippen LogP contribution in [0.1, 0.15) is 26.7 Å². The third kappa shape index (κ3) is 4.00. The third-order valence-corrected chi connectivity index (χ3v) is 4.73. The Morgan fingerprint density at radius 3 is 2.65 bits per heavy atom. The highest BCUT2D eigenvalue weighted by Gasteiger charge is 2.38. The Bertz CT molecular complexity index is 591. The molecule has 1 N–H and O–H groups in total. The van der Waals surface area contributed by atoms with Gasteiger partial charge in [0.2, 0.25) is 10.0 Å². The molecule has 1 aromatic rings. The van der Waals surface area contributed by atoms with Gasteiger partial charge in [0.15, 0.2) is 0 Å². The summed E-state index contributed by atoms with van der Waals surface area (Å²) >= 11 is 3.16. The second kappa shape index (κ2) is 6.64.